The van der Waals surface area contributed by atoms with Gasteiger partial charge < -0.3 is 20.3 Å². The molecule has 1 aliphatic heterocycles. The minimum absolute atomic E-state index is 0.181. The molecule has 1 aromatic rings. The molecule has 2 heterocycles. The van der Waals surface area contributed by atoms with Crippen molar-refractivity contribution in [2.24, 2.45) is 5.41 Å². The number of pyridine rings is 1. The number of hydrogen-bond donors (Lipinski definition) is 2. The van der Waals surface area contributed by atoms with Gasteiger partial charge in [0.15, 0.2) is 0 Å². The van der Waals surface area contributed by atoms with Crippen LogP contribution in [0.4, 0.5) is 4.79 Å². The second kappa shape index (κ2) is 9.79. The van der Waals surface area contributed by atoms with Gasteiger partial charge in [0.05, 0.1) is 6.04 Å². The van der Waals surface area contributed by atoms with Crippen molar-refractivity contribution in [3.05, 3.63) is 30.1 Å². The van der Waals surface area contributed by atoms with Gasteiger partial charge in [0.2, 0.25) is 5.91 Å². The molecule has 0 bridgehead atoms. The summed E-state index contributed by atoms with van der Waals surface area (Å²) in [6.07, 6.45) is 9.86. The van der Waals surface area contributed by atoms with Crippen molar-refractivity contribution in [2.75, 3.05) is 6.54 Å². The van der Waals surface area contributed by atoms with E-state index < -0.39 is 17.5 Å². The summed E-state index contributed by atoms with van der Waals surface area (Å²) in [5, 5.41) is 6.18. The molecule has 1 aliphatic carbocycles. The Bertz CT molecular complexity index is 769. The summed E-state index contributed by atoms with van der Waals surface area (Å²) in [6, 6.07) is 4.42. The van der Waals surface area contributed by atoms with E-state index in [1.165, 1.54) is 6.42 Å². The van der Waals surface area contributed by atoms with Crippen molar-refractivity contribution in [3.63, 3.8) is 0 Å². The molecule has 0 radical (unpaired) electrons. The standard InChI is InChI=1S/C24H36N4O3/c1-23(2,3)20(21(30)28-15-9-11-19(28)17-29)26-22(31)27-24(12-6-4-7-13-24)16-18-10-5-8-14-25-18/h5,8,10,14,17,19-20H,4,6-7,9,11-13,15-16H2,1-3H3,(H2,26,27,31). The Morgan fingerprint density at radius 1 is 1.23 bits per heavy atom. The molecule has 2 unspecified atom stereocenters. The van der Waals surface area contributed by atoms with Gasteiger partial charge in [-0.2, -0.15) is 0 Å². The first-order chi connectivity index (χ1) is 14.7. The summed E-state index contributed by atoms with van der Waals surface area (Å²) in [6.45, 7) is 6.37. The largest absolute Gasteiger partial charge is 0.332 e. The van der Waals surface area contributed by atoms with Gasteiger partial charge in [-0.3, -0.25) is 9.78 Å². The normalized spacial score (nSPS) is 21.9. The fraction of sp³-hybridized carbons (Fsp3) is 0.667. The summed E-state index contributed by atoms with van der Waals surface area (Å²) in [4.78, 5) is 43.9. The molecule has 7 heteroatoms. The number of amides is 3. The molecule has 0 spiro atoms. The summed E-state index contributed by atoms with van der Waals surface area (Å²) in [5.41, 5.74) is 0.116. The van der Waals surface area contributed by atoms with E-state index in [0.29, 0.717) is 19.4 Å². The van der Waals surface area contributed by atoms with Crippen LogP contribution in [0, 0.1) is 5.41 Å². The van der Waals surface area contributed by atoms with Gasteiger partial charge in [-0.25, -0.2) is 4.79 Å². The van der Waals surface area contributed by atoms with Crippen molar-refractivity contribution in [1.29, 1.82) is 0 Å². The van der Waals surface area contributed by atoms with Crippen LogP contribution in [0.15, 0.2) is 24.4 Å². The van der Waals surface area contributed by atoms with E-state index in [0.717, 1.165) is 44.1 Å². The first-order valence-corrected chi connectivity index (χ1v) is 11.5. The quantitative estimate of drug-likeness (QED) is 0.681. The van der Waals surface area contributed by atoms with Crippen molar-refractivity contribution >= 4 is 18.2 Å². The maximum Gasteiger partial charge on any atom is 0.315 e. The van der Waals surface area contributed by atoms with Gasteiger partial charge in [-0.1, -0.05) is 46.1 Å². The molecule has 2 aliphatic rings. The SMILES string of the molecule is CC(C)(C)C(NC(=O)NC1(Cc2ccccn2)CCCCC1)C(=O)N1CCCC1C=O. The molecule has 31 heavy (non-hydrogen) atoms. The number of hydrogen-bond acceptors (Lipinski definition) is 4. The average molecular weight is 429 g/mol. The highest BCUT2D eigenvalue weighted by atomic mass is 16.2. The molecule has 7 nitrogen and oxygen atoms in total. The van der Waals surface area contributed by atoms with E-state index in [1.54, 1.807) is 11.1 Å². The number of nitrogens with one attached hydrogen (secondary N) is 2. The number of nitrogens with zero attached hydrogens (tertiary/aromatic N) is 2. The average Bonchev–Trinajstić information content (AvgIpc) is 3.21. The lowest BCUT2D eigenvalue weighted by Gasteiger charge is -2.40. The van der Waals surface area contributed by atoms with Gasteiger partial charge in [0.1, 0.15) is 12.3 Å². The Morgan fingerprint density at radius 2 is 1.97 bits per heavy atom. The number of carbonyl (C=O) groups excluding carboxylic acids is 3. The lowest BCUT2D eigenvalue weighted by Crippen LogP contribution is -2.61. The number of likely N-dealkylation sites (tertiary alicyclic amines) is 1. The number of aromatic nitrogens is 1. The summed E-state index contributed by atoms with van der Waals surface area (Å²) in [7, 11) is 0. The number of carbonyl (C=O) groups is 3. The van der Waals surface area contributed by atoms with E-state index in [-0.39, 0.29) is 17.5 Å². The summed E-state index contributed by atoms with van der Waals surface area (Å²) in [5.74, 6) is -0.181. The lowest BCUT2D eigenvalue weighted by atomic mass is 9.78. The smallest absolute Gasteiger partial charge is 0.315 e. The maximum atomic E-state index is 13.3. The van der Waals surface area contributed by atoms with Crippen LogP contribution in [-0.4, -0.2) is 52.3 Å². The molecule has 3 rings (SSSR count). The topological polar surface area (TPSA) is 91.4 Å². The summed E-state index contributed by atoms with van der Waals surface area (Å²) < 4.78 is 0. The predicted octanol–water partition coefficient (Wildman–Crippen LogP) is 3.23. The van der Waals surface area contributed by atoms with Crippen molar-refractivity contribution < 1.29 is 14.4 Å². The van der Waals surface area contributed by atoms with Crippen LogP contribution in [-0.2, 0) is 16.0 Å². The van der Waals surface area contributed by atoms with Crippen LogP contribution in [0.25, 0.3) is 0 Å². The third-order valence-electron chi connectivity index (χ3n) is 6.56. The highest BCUT2D eigenvalue weighted by Crippen LogP contribution is 2.31. The third kappa shape index (κ3) is 5.83. The van der Waals surface area contributed by atoms with Gasteiger partial charge >= 0.3 is 6.03 Å². The Morgan fingerprint density at radius 3 is 2.58 bits per heavy atom. The van der Waals surface area contributed by atoms with Crippen LogP contribution < -0.4 is 10.6 Å². The molecule has 1 aromatic heterocycles. The van der Waals surface area contributed by atoms with Gasteiger partial charge in [-0.15, -0.1) is 0 Å². The van der Waals surface area contributed by atoms with Crippen molar-refractivity contribution in [2.45, 2.75) is 89.8 Å². The highest BCUT2D eigenvalue weighted by Gasteiger charge is 2.41. The van der Waals surface area contributed by atoms with Crippen LogP contribution in [0.3, 0.4) is 0 Å². The van der Waals surface area contributed by atoms with Gasteiger partial charge in [0, 0.05) is 30.4 Å². The van der Waals surface area contributed by atoms with E-state index in [9.17, 15) is 14.4 Å². The number of aldehydes is 1. The zero-order valence-electron chi connectivity index (χ0n) is 19.0. The molecule has 170 valence electrons. The molecule has 1 saturated heterocycles. The number of rotatable bonds is 6. The van der Waals surface area contributed by atoms with Crippen molar-refractivity contribution in [1.82, 2.24) is 20.5 Å². The molecule has 2 atom stereocenters. The zero-order chi connectivity index (χ0) is 22.5. The zero-order valence-corrected chi connectivity index (χ0v) is 19.0. The van der Waals surface area contributed by atoms with Crippen LogP contribution in [0.5, 0.6) is 0 Å². The molecular weight excluding hydrogens is 392 g/mol. The van der Waals surface area contributed by atoms with E-state index in [4.69, 9.17) is 0 Å². The van der Waals surface area contributed by atoms with Crippen LogP contribution in [0.2, 0.25) is 0 Å². The molecule has 2 N–H and O–H groups in total. The molecule has 0 aromatic carbocycles. The van der Waals surface area contributed by atoms with E-state index in [2.05, 4.69) is 15.6 Å². The Labute approximate surface area is 185 Å². The fourth-order valence-corrected chi connectivity index (χ4v) is 4.85. The predicted molar refractivity (Wildman–Crippen MR) is 119 cm³/mol. The second-order valence-electron chi connectivity index (χ2n) is 10.1. The summed E-state index contributed by atoms with van der Waals surface area (Å²) >= 11 is 0. The minimum atomic E-state index is -0.705. The molecular formula is C24H36N4O3. The lowest BCUT2D eigenvalue weighted by molar-refractivity contribution is -0.138. The Balaban J connectivity index is 1.74. The number of urea groups is 1. The molecule has 1 saturated carbocycles. The van der Waals surface area contributed by atoms with E-state index >= 15 is 0 Å². The third-order valence-corrected chi connectivity index (χ3v) is 6.56. The fourth-order valence-electron chi connectivity index (χ4n) is 4.85. The molecule has 3 amide bonds. The van der Waals surface area contributed by atoms with Crippen molar-refractivity contribution in [3.8, 4) is 0 Å². The first kappa shape index (κ1) is 23.2. The first-order valence-electron chi connectivity index (χ1n) is 11.5. The Kier molecular flexibility index (Phi) is 7.34. The van der Waals surface area contributed by atoms with Gasteiger partial charge in [0.25, 0.3) is 0 Å². The second-order valence-corrected chi connectivity index (χ2v) is 10.1. The maximum absolute atomic E-state index is 13.3. The Hall–Kier alpha value is -2.44. The van der Waals surface area contributed by atoms with Crippen LogP contribution >= 0.6 is 0 Å². The van der Waals surface area contributed by atoms with Crippen LogP contribution in [0.1, 0.15) is 71.4 Å². The minimum Gasteiger partial charge on any atom is -0.332 e. The highest BCUT2D eigenvalue weighted by molar-refractivity contribution is 5.89. The van der Waals surface area contributed by atoms with Gasteiger partial charge in [-0.05, 0) is 43.2 Å². The molecule has 2 fully saturated rings. The van der Waals surface area contributed by atoms with E-state index in [1.807, 2.05) is 39.0 Å². The monoisotopic (exact) mass is 428 g/mol.